The lowest BCUT2D eigenvalue weighted by molar-refractivity contribution is 0.210. The Kier molecular flexibility index (Phi) is 4.84. The highest BCUT2D eigenvalue weighted by Crippen LogP contribution is 2.37. The zero-order chi connectivity index (χ0) is 14.7. The van der Waals surface area contributed by atoms with E-state index in [0.717, 1.165) is 17.6 Å². The van der Waals surface area contributed by atoms with Crippen LogP contribution in [0.15, 0.2) is 18.2 Å². The van der Waals surface area contributed by atoms with Crippen molar-refractivity contribution in [1.29, 1.82) is 0 Å². The van der Waals surface area contributed by atoms with Crippen molar-refractivity contribution < 1.29 is 0 Å². The number of anilines is 1. The molecule has 2 atom stereocenters. The van der Waals surface area contributed by atoms with Gasteiger partial charge in [0.2, 0.25) is 0 Å². The van der Waals surface area contributed by atoms with Crippen LogP contribution in [0.4, 0.5) is 5.69 Å². The summed E-state index contributed by atoms with van der Waals surface area (Å²) >= 11 is 0. The van der Waals surface area contributed by atoms with Crippen molar-refractivity contribution in [2.24, 2.45) is 0 Å². The van der Waals surface area contributed by atoms with E-state index in [1.54, 1.807) is 11.1 Å². The van der Waals surface area contributed by atoms with Gasteiger partial charge in [0.1, 0.15) is 0 Å². The fourth-order valence-corrected chi connectivity index (χ4v) is 4.28. The molecule has 0 spiro atoms. The van der Waals surface area contributed by atoms with Gasteiger partial charge in [-0.15, -0.1) is 0 Å². The molecule has 0 radical (unpaired) electrons. The fraction of sp³-hybridized carbons (Fsp3) is 0.684. The van der Waals surface area contributed by atoms with E-state index in [4.69, 9.17) is 5.73 Å². The maximum atomic E-state index is 6.07. The van der Waals surface area contributed by atoms with Crippen molar-refractivity contribution >= 4 is 5.69 Å². The van der Waals surface area contributed by atoms with Gasteiger partial charge in [0, 0.05) is 11.7 Å². The number of benzene rings is 1. The lowest BCUT2D eigenvalue weighted by Crippen LogP contribution is -2.33. The predicted octanol–water partition coefficient (Wildman–Crippen LogP) is 4.34. The summed E-state index contributed by atoms with van der Waals surface area (Å²) in [7, 11) is 0. The molecule has 1 aliphatic heterocycles. The molecule has 0 saturated carbocycles. The van der Waals surface area contributed by atoms with Crippen LogP contribution in [-0.4, -0.2) is 24.0 Å². The Morgan fingerprint density at radius 3 is 2.81 bits per heavy atom. The smallest absolute Gasteiger partial charge is 0.0317 e. The Morgan fingerprint density at radius 2 is 2.05 bits per heavy atom. The summed E-state index contributed by atoms with van der Waals surface area (Å²) < 4.78 is 0. The van der Waals surface area contributed by atoms with Gasteiger partial charge in [-0.05, 0) is 80.8 Å². The quantitative estimate of drug-likeness (QED) is 0.659. The molecule has 0 bridgehead atoms. The number of hydrogen-bond acceptors (Lipinski definition) is 2. The highest BCUT2D eigenvalue weighted by atomic mass is 15.2. The summed E-state index contributed by atoms with van der Waals surface area (Å²) in [5, 5.41) is 0. The van der Waals surface area contributed by atoms with Crippen molar-refractivity contribution in [3.8, 4) is 0 Å². The van der Waals surface area contributed by atoms with E-state index in [-0.39, 0.29) is 0 Å². The highest BCUT2D eigenvalue weighted by Gasteiger charge is 2.29. The third-order valence-corrected chi connectivity index (χ3v) is 5.48. The summed E-state index contributed by atoms with van der Waals surface area (Å²) in [5.41, 5.74) is 10.1. The molecule has 1 saturated heterocycles. The second-order valence-corrected chi connectivity index (χ2v) is 6.97. The van der Waals surface area contributed by atoms with E-state index < -0.39 is 0 Å². The lowest BCUT2D eigenvalue weighted by Gasteiger charge is -2.29. The maximum Gasteiger partial charge on any atom is 0.0317 e. The molecule has 2 unspecified atom stereocenters. The van der Waals surface area contributed by atoms with E-state index in [1.807, 2.05) is 0 Å². The summed E-state index contributed by atoms with van der Waals surface area (Å²) in [4.78, 5) is 2.76. The van der Waals surface area contributed by atoms with Gasteiger partial charge in [-0.25, -0.2) is 0 Å². The monoisotopic (exact) mass is 286 g/mol. The van der Waals surface area contributed by atoms with Gasteiger partial charge in [0.25, 0.3) is 0 Å². The van der Waals surface area contributed by atoms with Crippen LogP contribution in [0.1, 0.15) is 68.9 Å². The molecule has 1 aromatic rings. The second-order valence-electron chi connectivity index (χ2n) is 6.97. The third-order valence-electron chi connectivity index (χ3n) is 5.48. The number of hydrogen-bond donors (Lipinski definition) is 1. The Bertz CT molecular complexity index is 463. The Morgan fingerprint density at radius 1 is 1.24 bits per heavy atom. The minimum absolute atomic E-state index is 0.719. The van der Waals surface area contributed by atoms with Crippen molar-refractivity contribution in [1.82, 2.24) is 4.90 Å². The third kappa shape index (κ3) is 3.42. The molecule has 1 fully saturated rings. The molecule has 2 nitrogen and oxygen atoms in total. The Labute approximate surface area is 129 Å². The highest BCUT2D eigenvalue weighted by molar-refractivity contribution is 5.46. The summed E-state index contributed by atoms with van der Waals surface area (Å²) in [6.07, 6.45) is 10.7. The van der Waals surface area contributed by atoms with Gasteiger partial charge >= 0.3 is 0 Å². The maximum absolute atomic E-state index is 6.07. The van der Waals surface area contributed by atoms with Crippen molar-refractivity contribution in [2.45, 2.75) is 70.3 Å². The van der Waals surface area contributed by atoms with Crippen molar-refractivity contribution in [3.63, 3.8) is 0 Å². The van der Waals surface area contributed by atoms with Crippen LogP contribution < -0.4 is 5.73 Å². The van der Waals surface area contributed by atoms with Gasteiger partial charge < -0.3 is 10.6 Å². The van der Waals surface area contributed by atoms with Gasteiger partial charge in [-0.2, -0.15) is 0 Å². The van der Waals surface area contributed by atoms with Crippen LogP contribution in [0.2, 0.25) is 0 Å². The van der Waals surface area contributed by atoms with Crippen LogP contribution in [0.3, 0.4) is 0 Å². The molecular formula is C19H30N2. The predicted molar refractivity (Wildman–Crippen MR) is 90.7 cm³/mol. The zero-order valence-corrected chi connectivity index (χ0v) is 13.5. The topological polar surface area (TPSA) is 29.3 Å². The number of aryl methyl sites for hydroxylation is 1. The molecular weight excluding hydrogens is 256 g/mol. The minimum Gasteiger partial charge on any atom is -0.399 e. The Balaban J connectivity index is 1.82. The molecule has 2 N–H and O–H groups in total. The first-order chi connectivity index (χ1) is 10.3. The van der Waals surface area contributed by atoms with Crippen LogP contribution >= 0.6 is 0 Å². The normalized spacial score (nSPS) is 26.5. The number of likely N-dealkylation sites (tertiary alicyclic amines) is 1. The summed E-state index contributed by atoms with van der Waals surface area (Å²) in [5.74, 6) is 0.719. The standard InChI is InChI=1S/C19H30N2/c1-2-3-6-16-13-18(21-11-4-5-12-21)10-8-15-7-9-17(20)14-19(15)16/h7,9,14,16,18H,2-6,8,10-13,20H2,1H3. The van der Waals surface area contributed by atoms with E-state index in [1.165, 1.54) is 64.5 Å². The first-order valence-corrected chi connectivity index (χ1v) is 8.90. The van der Waals surface area contributed by atoms with Gasteiger partial charge in [0.05, 0.1) is 0 Å². The van der Waals surface area contributed by atoms with E-state index in [9.17, 15) is 0 Å². The number of nitrogens with zero attached hydrogens (tertiary/aromatic N) is 1. The number of unbranched alkanes of at least 4 members (excludes halogenated alkanes) is 1. The number of nitrogen functional groups attached to an aromatic ring is 1. The largest absolute Gasteiger partial charge is 0.399 e. The Hall–Kier alpha value is -1.02. The molecule has 21 heavy (non-hydrogen) atoms. The molecule has 1 aliphatic carbocycles. The minimum atomic E-state index is 0.719. The lowest BCUT2D eigenvalue weighted by atomic mass is 9.87. The SMILES string of the molecule is CCCCC1CC(N2CCCC2)CCc2ccc(N)cc21. The molecule has 0 aromatic heterocycles. The first-order valence-electron chi connectivity index (χ1n) is 8.90. The molecule has 116 valence electrons. The van der Waals surface area contributed by atoms with Crippen molar-refractivity contribution in [2.75, 3.05) is 18.8 Å². The summed E-state index contributed by atoms with van der Waals surface area (Å²) in [6, 6.07) is 7.44. The average Bonchev–Trinajstić information content (AvgIpc) is 2.96. The molecule has 1 heterocycles. The van der Waals surface area contributed by atoms with E-state index in [2.05, 4.69) is 30.0 Å². The zero-order valence-electron chi connectivity index (χ0n) is 13.5. The van der Waals surface area contributed by atoms with E-state index >= 15 is 0 Å². The number of fused-ring (bicyclic) bond motifs is 1. The average molecular weight is 286 g/mol. The van der Waals surface area contributed by atoms with Crippen LogP contribution in [-0.2, 0) is 6.42 Å². The van der Waals surface area contributed by atoms with E-state index in [0.29, 0.717) is 0 Å². The molecule has 2 aliphatic rings. The van der Waals surface area contributed by atoms with Crippen LogP contribution in [0.5, 0.6) is 0 Å². The molecule has 0 amide bonds. The molecule has 3 rings (SSSR count). The van der Waals surface area contributed by atoms with Crippen LogP contribution in [0, 0.1) is 0 Å². The first kappa shape index (κ1) is 14.9. The van der Waals surface area contributed by atoms with Crippen LogP contribution in [0.25, 0.3) is 0 Å². The molecule has 1 aromatic carbocycles. The fourth-order valence-electron chi connectivity index (χ4n) is 4.28. The van der Waals surface area contributed by atoms with Gasteiger partial charge in [-0.1, -0.05) is 25.8 Å². The van der Waals surface area contributed by atoms with Gasteiger partial charge in [-0.3, -0.25) is 0 Å². The second kappa shape index (κ2) is 6.83. The summed E-state index contributed by atoms with van der Waals surface area (Å²) in [6.45, 7) is 4.95. The number of rotatable bonds is 4. The van der Waals surface area contributed by atoms with Gasteiger partial charge in [0.15, 0.2) is 0 Å². The molecule has 2 heteroatoms. The van der Waals surface area contributed by atoms with Crippen molar-refractivity contribution in [3.05, 3.63) is 29.3 Å². The number of nitrogens with two attached hydrogens (primary N) is 1.